The van der Waals surface area contributed by atoms with E-state index in [1.807, 2.05) is 42.2 Å². The highest BCUT2D eigenvalue weighted by atomic mass is 35.5. The zero-order valence-corrected chi connectivity index (χ0v) is 17.6. The number of benzene rings is 2. The van der Waals surface area contributed by atoms with E-state index >= 15 is 0 Å². The first kappa shape index (κ1) is 21.3. The Labute approximate surface area is 177 Å². The van der Waals surface area contributed by atoms with Crippen LogP contribution in [0, 0.1) is 6.92 Å². The standard InChI is InChI=1S/C23H28ClN3O2/c1-18-10-11-20(16-21(18)24)25-22(28)17-26-12-14-27(15-13-26)23(29)9-5-8-19-6-3-2-4-7-19/h2-4,6-7,10-11,16H,5,8-9,12-15,17H2,1H3,(H,25,28). The van der Waals surface area contributed by atoms with Crippen molar-refractivity contribution >= 4 is 29.1 Å². The van der Waals surface area contributed by atoms with Gasteiger partial charge in [0.1, 0.15) is 0 Å². The van der Waals surface area contributed by atoms with Gasteiger partial charge in [0.2, 0.25) is 11.8 Å². The lowest BCUT2D eigenvalue weighted by atomic mass is 10.1. The maximum absolute atomic E-state index is 12.4. The van der Waals surface area contributed by atoms with Gasteiger partial charge >= 0.3 is 0 Å². The van der Waals surface area contributed by atoms with Gasteiger partial charge in [-0.05, 0) is 43.0 Å². The summed E-state index contributed by atoms with van der Waals surface area (Å²) in [5.41, 5.74) is 2.96. The molecule has 1 fully saturated rings. The van der Waals surface area contributed by atoms with E-state index in [0.29, 0.717) is 49.9 Å². The number of aryl methyl sites for hydroxylation is 2. The highest BCUT2D eigenvalue weighted by Gasteiger charge is 2.22. The maximum atomic E-state index is 12.4. The first-order valence-electron chi connectivity index (χ1n) is 10.1. The molecule has 0 atom stereocenters. The number of carbonyl (C=O) groups excluding carboxylic acids is 2. The molecule has 5 nitrogen and oxygen atoms in total. The van der Waals surface area contributed by atoms with Crippen molar-refractivity contribution in [3.8, 4) is 0 Å². The van der Waals surface area contributed by atoms with Crippen molar-refractivity contribution in [3.05, 3.63) is 64.7 Å². The summed E-state index contributed by atoms with van der Waals surface area (Å²) in [6.45, 7) is 5.03. The Hall–Kier alpha value is -2.37. The van der Waals surface area contributed by atoms with Crippen molar-refractivity contribution in [2.45, 2.75) is 26.2 Å². The molecule has 2 amide bonds. The Bertz CT molecular complexity index is 833. The van der Waals surface area contributed by atoms with Crippen LogP contribution in [-0.2, 0) is 16.0 Å². The van der Waals surface area contributed by atoms with Gasteiger partial charge in [-0.25, -0.2) is 0 Å². The molecule has 3 rings (SSSR count). The SMILES string of the molecule is Cc1ccc(NC(=O)CN2CCN(C(=O)CCCc3ccccc3)CC2)cc1Cl. The van der Waals surface area contributed by atoms with Crippen LogP contribution in [0.15, 0.2) is 48.5 Å². The largest absolute Gasteiger partial charge is 0.340 e. The molecule has 0 radical (unpaired) electrons. The molecule has 154 valence electrons. The Balaban J connectivity index is 1.36. The normalized spacial score (nSPS) is 14.6. The highest BCUT2D eigenvalue weighted by Crippen LogP contribution is 2.20. The first-order chi connectivity index (χ1) is 14.0. The van der Waals surface area contributed by atoms with Gasteiger partial charge in [-0.1, -0.05) is 48.0 Å². The molecule has 0 aromatic heterocycles. The Kier molecular flexibility index (Phi) is 7.67. The van der Waals surface area contributed by atoms with Crippen LogP contribution >= 0.6 is 11.6 Å². The molecule has 29 heavy (non-hydrogen) atoms. The molecule has 1 aliphatic heterocycles. The van der Waals surface area contributed by atoms with Crippen molar-refractivity contribution in [2.75, 3.05) is 38.0 Å². The number of piperazine rings is 1. The van der Waals surface area contributed by atoms with Crippen LogP contribution in [-0.4, -0.2) is 54.3 Å². The quantitative estimate of drug-likeness (QED) is 0.752. The van der Waals surface area contributed by atoms with E-state index in [2.05, 4.69) is 22.3 Å². The highest BCUT2D eigenvalue weighted by molar-refractivity contribution is 6.31. The average Bonchev–Trinajstić information content (AvgIpc) is 2.72. The zero-order chi connectivity index (χ0) is 20.6. The maximum Gasteiger partial charge on any atom is 0.238 e. The van der Waals surface area contributed by atoms with Gasteiger partial charge in [0.25, 0.3) is 0 Å². The molecule has 0 spiro atoms. The molecule has 0 bridgehead atoms. The van der Waals surface area contributed by atoms with Gasteiger partial charge in [-0.15, -0.1) is 0 Å². The van der Waals surface area contributed by atoms with Crippen LogP contribution in [0.2, 0.25) is 5.02 Å². The van der Waals surface area contributed by atoms with Crippen molar-refractivity contribution in [2.24, 2.45) is 0 Å². The number of anilines is 1. The summed E-state index contributed by atoms with van der Waals surface area (Å²) in [7, 11) is 0. The molecule has 0 aliphatic carbocycles. The third-order valence-electron chi connectivity index (χ3n) is 5.25. The summed E-state index contributed by atoms with van der Waals surface area (Å²) >= 11 is 6.11. The van der Waals surface area contributed by atoms with Crippen molar-refractivity contribution in [3.63, 3.8) is 0 Å². The van der Waals surface area contributed by atoms with Gasteiger partial charge < -0.3 is 10.2 Å². The van der Waals surface area contributed by atoms with E-state index in [4.69, 9.17) is 11.6 Å². The molecular formula is C23H28ClN3O2. The molecule has 0 saturated carbocycles. The molecule has 1 N–H and O–H groups in total. The summed E-state index contributed by atoms with van der Waals surface area (Å²) in [5.74, 6) is 0.145. The second kappa shape index (κ2) is 10.4. The molecule has 1 saturated heterocycles. The molecular weight excluding hydrogens is 386 g/mol. The fourth-order valence-corrected chi connectivity index (χ4v) is 3.66. The monoisotopic (exact) mass is 413 g/mol. The average molecular weight is 414 g/mol. The number of halogens is 1. The number of rotatable bonds is 7. The number of nitrogens with one attached hydrogen (secondary N) is 1. The summed E-state index contributed by atoms with van der Waals surface area (Å²) in [6, 6.07) is 15.8. The Morgan fingerprint density at radius 3 is 2.45 bits per heavy atom. The third-order valence-corrected chi connectivity index (χ3v) is 5.65. The Morgan fingerprint density at radius 2 is 1.76 bits per heavy atom. The lowest BCUT2D eigenvalue weighted by Gasteiger charge is -2.34. The fourth-order valence-electron chi connectivity index (χ4n) is 3.48. The van der Waals surface area contributed by atoms with Gasteiger partial charge in [0, 0.05) is 43.3 Å². The molecule has 2 aromatic carbocycles. The van der Waals surface area contributed by atoms with E-state index in [9.17, 15) is 9.59 Å². The smallest absolute Gasteiger partial charge is 0.238 e. The summed E-state index contributed by atoms with van der Waals surface area (Å²) in [4.78, 5) is 28.7. The predicted molar refractivity (Wildman–Crippen MR) is 117 cm³/mol. The number of carbonyl (C=O) groups is 2. The zero-order valence-electron chi connectivity index (χ0n) is 16.9. The molecule has 6 heteroatoms. The van der Waals surface area contributed by atoms with Crippen LogP contribution in [0.3, 0.4) is 0 Å². The minimum Gasteiger partial charge on any atom is -0.340 e. The van der Waals surface area contributed by atoms with E-state index in [1.165, 1.54) is 5.56 Å². The van der Waals surface area contributed by atoms with Crippen LogP contribution in [0.1, 0.15) is 24.0 Å². The van der Waals surface area contributed by atoms with Crippen molar-refractivity contribution in [1.29, 1.82) is 0 Å². The number of hydrogen-bond acceptors (Lipinski definition) is 3. The van der Waals surface area contributed by atoms with Crippen molar-refractivity contribution < 1.29 is 9.59 Å². The minimum atomic E-state index is -0.0624. The second-order valence-electron chi connectivity index (χ2n) is 7.51. The van der Waals surface area contributed by atoms with Crippen molar-refractivity contribution in [1.82, 2.24) is 9.80 Å². The van der Waals surface area contributed by atoms with E-state index in [-0.39, 0.29) is 11.8 Å². The molecule has 2 aromatic rings. The lowest BCUT2D eigenvalue weighted by Crippen LogP contribution is -2.50. The minimum absolute atomic E-state index is 0.0624. The summed E-state index contributed by atoms with van der Waals surface area (Å²) in [5, 5.41) is 3.53. The van der Waals surface area contributed by atoms with E-state index < -0.39 is 0 Å². The van der Waals surface area contributed by atoms with Crippen LogP contribution in [0.5, 0.6) is 0 Å². The van der Waals surface area contributed by atoms with E-state index in [0.717, 1.165) is 18.4 Å². The van der Waals surface area contributed by atoms with Crippen LogP contribution < -0.4 is 5.32 Å². The predicted octanol–water partition coefficient (Wildman–Crippen LogP) is 3.75. The molecule has 0 unspecified atom stereocenters. The van der Waals surface area contributed by atoms with Crippen LogP contribution in [0.25, 0.3) is 0 Å². The molecule has 1 aliphatic rings. The van der Waals surface area contributed by atoms with Gasteiger partial charge in [0.15, 0.2) is 0 Å². The number of hydrogen-bond donors (Lipinski definition) is 1. The Morgan fingerprint density at radius 1 is 1.03 bits per heavy atom. The van der Waals surface area contributed by atoms with Gasteiger partial charge in [-0.3, -0.25) is 14.5 Å². The summed E-state index contributed by atoms with van der Waals surface area (Å²) < 4.78 is 0. The summed E-state index contributed by atoms with van der Waals surface area (Å²) in [6.07, 6.45) is 2.36. The number of nitrogens with zero attached hydrogens (tertiary/aromatic N) is 2. The fraction of sp³-hybridized carbons (Fsp3) is 0.391. The third kappa shape index (κ3) is 6.58. The lowest BCUT2D eigenvalue weighted by molar-refractivity contribution is -0.133. The molecule has 1 heterocycles. The second-order valence-corrected chi connectivity index (χ2v) is 7.92. The van der Waals surface area contributed by atoms with Gasteiger partial charge in [0.05, 0.1) is 6.54 Å². The van der Waals surface area contributed by atoms with Crippen LogP contribution in [0.4, 0.5) is 5.69 Å². The number of amides is 2. The van der Waals surface area contributed by atoms with E-state index in [1.54, 1.807) is 6.07 Å². The topological polar surface area (TPSA) is 52.7 Å². The first-order valence-corrected chi connectivity index (χ1v) is 10.5. The van der Waals surface area contributed by atoms with Gasteiger partial charge in [-0.2, -0.15) is 0 Å².